The van der Waals surface area contributed by atoms with E-state index in [4.69, 9.17) is 0 Å². The van der Waals surface area contributed by atoms with Gasteiger partial charge in [-0.3, -0.25) is 4.79 Å². The highest BCUT2D eigenvalue weighted by Crippen LogP contribution is 2.41. The summed E-state index contributed by atoms with van der Waals surface area (Å²) < 4.78 is 1.73. The molecule has 2 aromatic heterocycles. The van der Waals surface area contributed by atoms with Gasteiger partial charge in [0, 0.05) is 36.2 Å². The van der Waals surface area contributed by atoms with Crippen LogP contribution < -0.4 is 24.5 Å². The van der Waals surface area contributed by atoms with Crippen LogP contribution in [-0.2, 0) is 4.79 Å². The summed E-state index contributed by atoms with van der Waals surface area (Å²) in [6, 6.07) is 0. The molecule has 0 saturated carbocycles. The highest BCUT2D eigenvalue weighted by atomic mass is 32.1. The summed E-state index contributed by atoms with van der Waals surface area (Å²) in [4.78, 5) is 25.2. The van der Waals surface area contributed by atoms with Crippen LogP contribution in [0.15, 0.2) is 5.76 Å². The van der Waals surface area contributed by atoms with Gasteiger partial charge in [-0.2, -0.15) is 0 Å². The van der Waals surface area contributed by atoms with Gasteiger partial charge >= 0.3 is 0 Å². The normalized spacial score (nSPS) is 23.8. The lowest BCUT2D eigenvalue weighted by Gasteiger charge is -2.29. The fraction of sp³-hybridized carbons (Fsp3) is 0.450. The van der Waals surface area contributed by atoms with Crippen LogP contribution in [0.1, 0.15) is 35.5 Å². The maximum atomic E-state index is 13.0. The van der Waals surface area contributed by atoms with Crippen molar-refractivity contribution in [3.05, 3.63) is 31.2 Å². The van der Waals surface area contributed by atoms with E-state index in [1.54, 1.807) is 0 Å². The minimum Gasteiger partial charge on any atom is -0.871 e. The minimum absolute atomic E-state index is 0.147. The average Bonchev–Trinajstić information content (AvgIpc) is 3.44. The monoisotopic (exact) mass is 414 g/mol. The topological polar surface area (TPSA) is 85.8 Å². The van der Waals surface area contributed by atoms with Crippen molar-refractivity contribution < 1.29 is 15.2 Å². The molecule has 0 radical (unpaired) electrons. The highest BCUT2D eigenvalue weighted by molar-refractivity contribution is 7.17. The van der Waals surface area contributed by atoms with Gasteiger partial charge in [0.2, 0.25) is 0 Å². The number of rotatable bonds is 2. The van der Waals surface area contributed by atoms with Gasteiger partial charge in [0.05, 0.1) is 27.3 Å². The molecule has 0 unspecified atom stereocenters. The molecule has 1 aliphatic carbocycles. The number of hydrogen-bond donors (Lipinski definition) is 1. The van der Waals surface area contributed by atoms with Crippen molar-refractivity contribution in [2.24, 2.45) is 0 Å². The molecule has 146 valence electrons. The molecule has 0 bridgehead atoms. The van der Waals surface area contributed by atoms with Crippen LogP contribution in [0.5, 0.6) is 0 Å². The van der Waals surface area contributed by atoms with E-state index >= 15 is 0 Å². The predicted octanol–water partition coefficient (Wildman–Crippen LogP) is -0.561. The summed E-state index contributed by atoms with van der Waals surface area (Å²) in [7, 11) is 0. The zero-order valence-electron chi connectivity index (χ0n) is 16.0. The van der Waals surface area contributed by atoms with Crippen molar-refractivity contribution in [1.29, 1.82) is 0 Å². The Morgan fingerprint density at radius 2 is 1.86 bits per heavy atom. The van der Waals surface area contributed by atoms with Crippen LogP contribution in [0.2, 0.25) is 0 Å². The van der Waals surface area contributed by atoms with Crippen LogP contribution in [0.3, 0.4) is 0 Å². The molecule has 6 nitrogen and oxygen atoms in total. The minimum atomic E-state index is -0.147. The van der Waals surface area contributed by atoms with Crippen molar-refractivity contribution in [1.82, 2.24) is 9.97 Å². The van der Waals surface area contributed by atoms with E-state index in [9.17, 15) is 9.90 Å². The largest absolute Gasteiger partial charge is 0.871 e. The summed E-state index contributed by atoms with van der Waals surface area (Å²) in [5, 5.41) is 16.2. The lowest BCUT2D eigenvalue weighted by molar-refractivity contribution is -0.630. The molecule has 2 N–H and O–H groups in total. The lowest BCUT2D eigenvalue weighted by atomic mass is 9.86. The Hall–Kier alpha value is -2.03. The highest BCUT2D eigenvalue weighted by Gasteiger charge is 2.33. The van der Waals surface area contributed by atoms with Gasteiger partial charge in [0.25, 0.3) is 0 Å². The standard InChI is InChI=1S/C20H22N4O2S2/c1-10-17(27-19(22-10)12-5-6-21-9-12)13-15(25)14(16(13)26)18-11(2)23-20(28-18)24-7-3-4-8-24/h21,25H,3-9H2,1-2H3/b17-13-,19-12-. The number of thiazole rings is 2. The number of nitrogens with zero attached hydrogens (tertiary/aromatic N) is 3. The van der Waals surface area contributed by atoms with Gasteiger partial charge in [0.15, 0.2) is 10.9 Å². The van der Waals surface area contributed by atoms with E-state index < -0.39 is 0 Å². The van der Waals surface area contributed by atoms with Crippen molar-refractivity contribution in [2.75, 3.05) is 31.1 Å². The fourth-order valence-corrected chi connectivity index (χ4v) is 6.44. The molecule has 2 aliphatic heterocycles. The molecule has 2 saturated heterocycles. The number of aryl methyl sites for hydroxylation is 2. The first-order valence-corrected chi connectivity index (χ1v) is 11.4. The van der Waals surface area contributed by atoms with Crippen LogP contribution in [-0.4, -0.2) is 41.9 Å². The van der Waals surface area contributed by atoms with Crippen molar-refractivity contribution in [3.8, 4) is 0 Å². The SMILES string of the molecule is Cc1nc(N2CCCC2)sc1C1=C([O-])/C(=c2/s/c(=C3/CC[NH2+]C3)nc2C)C1=O. The second-order valence-electron chi connectivity index (χ2n) is 7.58. The number of allylic oxidation sites excluding steroid dienone is 2. The van der Waals surface area contributed by atoms with Crippen LogP contribution in [0.4, 0.5) is 5.13 Å². The first kappa shape index (κ1) is 18.0. The molecule has 0 spiro atoms. The van der Waals surface area contributed by atoms with Crippen LogP contribution in [0, 0.1) is 13.8 Å². The molecule has 5 rings (SSSR count). The molecule has 0 atom stereocenters. The number of anilines is 1. The molecule has 0 aromatic carbocycles. The van der Waals surface area contributed by atoms with Gasteiger partial charge in [0.1, 0.15) is 11.2 Å². The first-order chi connectivity index (χ1) is 13.5. The smallest absolute Gasteiger partial charge is 0.194 e. The number of carbonyl (C=O) groups excluding carboxylic acids is 1. The molecule has 8 heteroatoms. The third-order valence-electron chi connectivity index (χ3n) is 5.66. The van der Waals surface area contributed by atoms with Crippen LogP contribution in [0.25, 0.3) is 16.7 Å². The molecule has 2 aromatic rings. The third kappa shape index (κ3) is 2.74. The maximum Gasteiger partial charge on any atom is 0.194 e. The molecule has 0 amide bonds. The summed E-state index contributed by atoms with van der Waals surface area (Å²) in [6.07, 6.45) is 3.37. The Bertz CT molecular complexity index is 1130. The molecule has 3 aliphatic rings. The second-order valence-corrected chi connectivity index (χ2v) is 9.56. The van der Waals surface area contributed by atoms with Gasteiger partial charge in [-0.05, 0) is 26.7 Å². The van der Waals surface area contributed by atoms with Gasteiger partial charge in [-0.25, -0.2) is 9.97 Å². The summed E-state index contributed by atoms with van der Waals surface area (Å²) in [5.74, 6) is -0.294. The summed E-state index contributed by atoms with van der Waals surface area (Å²) >= 11 is 2.97. The maximum absolute atomic E-state index is 13.0. The lowest BCUT2D eigenvalue weighted by Crippen LogP contribution is -2.80. The van der Waals surface area contributed by atoms with Gasteiger partial charge < -0.3 is 15.3 Å². The Balaban J connectivity index is 1.59. The van der Waals surface area contributed by atoms with Gasteiger partial charge in [-0.15, -0.1) is 11.3 Å². The number of nitrogens with two attached hydrogens (primary N) is 1. The van der Waals surface area contributed by atoms with Crippen molar-refractivity contribution >= 4 is 50.3 Å². The number of carbonyl (C=O) groups is 1. The Labute approximate surface area is 170 Å². The molecular weight excluding hydrogens is 392 g/mol. The fourth-order valence-electron chi connectivity index (χ4n) is 4.09. The van der Waals surface area contributed by atoms with E-state index in [0.29, 0.717) is 11.1 Å². The number of quaternary nitrogens is 1. The third-order valence-corrected chi connectivity index (χ3v) is 8.18. The zero-order chi connectivity index (χ0) is 19.4. The zero-order valence-corrected chi connectivity index (χ0v) is 17.6. The van der Waals surface area contributed by atoms with E-state index in [0.717, 1.165) is 63.2 Å². The number of aromatic nitrogens is 2. The predicted molar refractivity (Wildman–Crippen MR) is 109 cm³/mol. The molecular formula is C20H22N4O2S2. The summed E-state index contributed by atoms with van der Waals surface area (Å²) in [6.45, 7) is 7.82. The molecule has 2 fully saturated rings. The van der Waals surface area contributed by atoms with E-state index in [1.165, 1.54) is 41.1 Å². The van der Waals surface area contributed by atoms with E-state index in [-0.39, 0.29) is 11.5 Å². The molecule has 4 heterocycles. The first-order valence-electron chi connectivity index (χ1n) is 9.75. The van der Waals surface area contributed by atoms with Crippen LogP contribution >= 0.6 is 22.7 Å². The second kappa shape index (κ2) is 6.79. The quantitative estimate of drug-likeness (QED) is 0.712. The Morgan fingerprint density at radius 1 is 1.07 bits per heavy atom. The number of ketones is 1. The Kier molecular flexibility index (Phi) is 4.37. The summed E-state index contributed by atoms with van der Waals surface area (Å²) in [5.41, 5.74) is 3.51. The van der Waals surface area contributed by atoms with E-state index in [1.807, 2.05) is 13.8 Å². The van der Waals surface area contributed by atoms with Crippen molar-refractivity contribution in [2.45, 2.75) is 33.1 Å². The average molecular weight is 415 g/mol. The number of hydrogen-bond acceptors (Lipinski definition) is 7. The number of Topliss-reactive ketones (excluding diaryl/α,β-unsaturated/α-hetero) is 1. The van der Waals surface area contributed by atoms with Gasteiger partial charge in [-0.1, -0.05) is 17.1 Å². The van der Waals surface area contributed by atoms with E-state index in [2.05, 4.69) is 20.2 Å². The van der Waals surface area contributed by atoms with Crippen molar-refractivity contribution in [3.63, 3.8) is 0 Å². The Morgan fingerprint density at radius 3 is 2.54 bits per heavy atom. The molecule has 28 heavy (non-hydrogen) atoms.